The molecule has 6 heteroatoms. The van der Waals surface area contributed by atoms with Crippen molar-refractivity contribution in [3.63, 3.8) is 0 Å². The standard InChI is InChI=1S/C11H17ClN4O/c1-8-11(12)9(15(2)14-8)7-16-5-3-4-13-6-10(16)17/h13H,3-7H2,1-2H3. The van der Waals surface area contributed by atoms with Crippen LogP contribution in [0.2, 0.25) is 5.02 Å². The van der Waals surface area contributed by atoms with Gasteiger partial charge >= 0.3 is 0 Å². The second-order valence-corrected chi connectivity index (χ2v) is 4.69. The molecule has 0 atom stereocenters. The van der Waals surface area contributed by atoms with E-state index in [1.54, 1.807) is 4.68 Å². The van der Waals surface area contributed by atoms with E-state index in [1.807, 2.05) is 18.9 Å². The first kappa shape index (κ1) is 12.4. The van der Waals surface area contributed by atoms with Crippen molar-refractivity contribution in [1.82, 2.24) is 20.0 Å². The van der Waals surface area contributed by atoms with Crippen LogP contribution in [0, 0.1) is 6.92 Å². The molecule has 1 saturated heterocycles. The van der Waals surface area contributed by atoms with Crippen LogP contribution in [0.1, 0.15) is 17.8 Å². The number of aromatic nitrogens is 2. The highest BCUT2D eigenvalue weighted by molar-refractivity contribution is 6.31. The van der Waals surface area contributed by atoms with E-state index in [9.17, 15) is 4.79 Å². The van der Waals surface area contributed by atoms with Crippen molar-refractivity contribution in [1.29, 1.82) is 0 Å². The van der Waals surface area contributed by atoms with Gasteiger partial charge in [-0.3, -0.25) is 9.48 Å². The Labute approximate surface area is 106 Å². The molecule has 0 saturated carbocycles. The van der Waals surface area contributed by atoms with Crippen molar-refractivity contribution in [3.8, 4) is 0 Å². The van der Waals surface area contributed by atoms with Gasteiger partial charge in [-0.1, -0.05) is 11.6 Å². The Kier molecular flexibility index (Phi) is 3.69. The number of amides is 1. The molecule has 1 aromatic heterocycles. The molecule has 1 amide bonds. The lowest BCUT2D eigenvalue weighted by atomic mass is 10.3. The average molecular weight is 257 g/mol. The largest absolute Gasteiger partial charge is 0.336 e. The van der Waals surface area contributed by atoms with Crippen LogP contribution in [0.5, 0.6) is 0 Å². The van der Waals surface area contributed by atoms with E-state index >= 15 is 0 Å². The quantitative estimate of drug-likeness (QED) is 0.848. The molecule has 1 fully saturated rings. The van der Waals surface area contributed by atoms with Gasteiger partial charge < -0.3 is 10.2 Å². The number of carbonyl (C=O) groups is 1. The molecule has 5 nitrogen and oxygen atoms in total. The van der Waals surface area contributed by atoms with Crippen molar-refractivity contribution in [2.45, 2.75) is 19.9 Å². The molecule has 1 aliphatic heterocycles. The lowest BCUT2D eigenvalue weighted by molar-refractivity contribution is -0.130. The maximum Gasteiger partial charge on any atom is 0.236 e. The first-order valence-corrected chi connectivity index (χ1v) is 6.14. The van der Waals surface area contributed by atoms with Gasteiger partial charge in [0, 0.05) is 13.6 Å². The fourth-order valence-corrected chi connectivity index (χ4v) is 2.25. The SMILES string of the molecule is Cc1nn(C)c(CN2CCCNCC2=O)c1Cl. The van der Waals surface area contributed by atoms with Gasteiger partial charge in [0.1, 0.15) is 0 Å². The molecule has 17 heavy (non-hydrogen) atoms. The Balaban J connectivity index is 2.16. The molecule has 1 aromatic rings. The van der Waals surface area contributed by atoms with Crippen LogP contribution < -0.4 is 5.32 Å². The zero-order valence-corrected chi connectivity index (χ0v) is 10.9. The number of aryl methyl sites for hydroxylation is 2. The summed E-state index contributed by atoms with van der Waals surface area (Å²) in [5, 5.41) is 8.02. The second kappa shape index (κ2) is 5.06. The first-order valence-electron chi connectivity index (χ1n) is 5.76. The van der Waals surface area contributed by atoms with Gasteiger partial charge in [-0.15, -0.1) is 0 Å². The maximum absolute atomic E-state index is 11.8. The van der Waals surface area contributed by atoms with E-state index in [1.165, 1.54) is 0 Å². The average Bonchev–Trinajstić information content (AvgIpc) is 2.45. The van der Waals surface area contributed by atoms with Crippen LogP contribution in [0.3, 0.4) is 0 Å². The normalized spacial score (nSPS) is 17.4. The van der Waals surface area contributed by atoms with Gasteiger partial charge in [-0.25, -0.2) is 0 Å². The van der Waals surface area contributed by atoms with Gasteiger partial charge in [0.05, 0.1) is 29.5 Å². The third-order valence-corrected chi connectivity index (χ3v) is 3.50. The molecule has 1 aliphatic rings. The third kappa shape index (κ3) is 2.61. The Morgan fingerprint density at radius 3 is 2.94 bits per heavy atom. The number of carbonyl (C=O) groups excluding carboxylic acids is 1. The molecule has 0 spiro atoms. The number of rotatable bonds is 2. The molecule has 0 aromatic carbocycles. The highest BCUT2D eigenvalue weighted by atomic mass is 35.5. The molecule has 94 valence electrons. The summed E-state index contributed by atoms with van der Waals surface area (Å²) in [6.45, 7) is 4.48. The van der Waals surface area contributed by atoms with Crippen LogP contribution in [-0.4, -0.2) is 40.2 Å². The summed E-state index contributed by atoms with van der Waals surface area (Å²) in [7, 11) is 1.86. The summed E-state index contributed by atoms with van der Waals surface area (Å²) in [5.41, 5.74) is 1.71. The Hall–Kier alpha value is -1.07. The fraction of sp³-hybridized carbons (Fsp3) is 0.636. The van der Waals surface area contributed by atoms with Crippen LogP contribution in [0.15, 0.2) is 0 Å². The van der Waals surface area contributed by atoms with Crippen molar-refractivity contribution < 1.29 is 4.79 Å². The predicted octanol–water partition coefficient (Wildman–Crippen LogP) is 0.704. The lowest BCUT2D eigenvalue weighted by Crippen LogP contribution is -2.34. The molecule has 0 aliphatic carbocycles. The van der Waals surface area contributed by atoms with E-state index in [-0.39, 0.29) is 5.91 Å². The molecule has 2 rings (SSSR count). The summed E-state index contributed by atoms with van der Waals surface area (Å²) in [4.78, 5) is 13.7. The smallest absolute Gasteiger partial charge is 0.236 e. The van der Waals surface area contributed by atoms with Gasteiger partial charge in [0.25, 0.3) is 0 Å². The molecular weight excluding hydrogens is 240 g/mol. The van der Waals surface area contributed by atoms with Crippen molar-refractivity contribution in [2.24, 2.45) is 7.05 Å². The zero-order chi connectivity index (χ0) is 12.4. The summed E-state index contributed by atoms with van der Waals surface area (Å²) in [6, 6.07) is 0. The topological polar surface area (TPSA) is 50.2 Å². The van der Waals surface area contributed by atoms with Gasteiger partial charge in [0.15, 0.2) is 0 Å². The van der Waals surface area contributed by atoms with E-state index in [0.717, 1.165) is 30.9 Å². The van der Waals surface area contributed by atoms with E-state index < -0.39 is 0 Å². The van der Waals surface area contributed by atoms with Gasteiger partial charge in [-0.05, 0) is 19.9 Å². The monoisotopic (exact) mass is 256 g/mol. The van der Waals surface area contributed by atoms with Gasteiger partial charge in [-0.2, -0.15) is 5.10 Å². The number of halogens is 1. The van der Waals surface area contributed by atoms with Crippen LogP contribution in [-0.2, 0) is 18.4 Å². The van der Waals surface area contributed by atoms with Crippen molar-refractivity contribution in [2.75, 3.05) is 19.6 Å². The number of nitrogens with one attached hydrogen (secondary N) is 1. The minimum absolute atomic E-state index is 0.123. The highest BCUT2D eigenvalue weighted by Crippen LogP contribution is 2.21. The summed E-state index contributed by atoms with van der Waals surface area (Å²) >= 11 is 6.18. The molecular formula is C11H17ClN4O. The fourth-order valence-electron chi connectivity index (χ4n) is 2.03. The highest BCUT2D eigenvalue weighted by Gasteiger charge is 2.20. The maximum atomic E-state index is 11.8. The summed E-state index contributed by atoms with van der Waals surface area (Å²) in [5.74, 6) is 0.123. The zero-order valence-electron chi connectivity index (χ0n) is 10.2. The van der Waals surface area contributed by atoms with Crippen LogP contribution >= 0.6 is 11.6 Å². The minimum atomic E-state index is 0.123. The van der Waals surface area contributed by atoms with Crippen molar-refractivity contribution in [3.05, 3.63) is 16.4 Å². The number of hydrogen-bond donors (Lipinski definition) is 1. The summed E-state index contributed by atoms with van der Waals surface area (Å²) in [6.07, 6.45) is 0.972. The van der Waals surface area contributed by atoms with E-state index in [0.29, 0.717) is 18.1 Å². The minimum Gasteiger partial charge on any atom is -0.336 e. The third-order valence-electron chi connectivity index (χ3n) is 3.01. The molecule has 1 N–H and O–H groups in total. The second-order valence-electron chi connectivity index (χ2n) is 4.32. The Morgan fingerprint density at radius 1 is 1.53 bits per heavy atom. The molecule has 0 unspecified atom stereocenters. The lowest BCUT2D eigenvalue weighted by Gasteiger charge is -2.20. The van der Waals surface area contributed by atoms with Crippen LogP contribution in [0.25, 0.3) is 0 Å². The van der Waals surface area contributed by atoms with Crippen molar-refractivity contribution >= 4 is 17.5 Å². The van der Waals surface area contributed by atoms with Gasteiger partial charge in [0.2, 0.25) is 5.91 Å². The molecule has 2 heterocycles. The predicted molar refractivity (Wildman–Crippen MR) is 65.9 cm³/mol. The van der Waals surface area contributed by atoms with Crippen LogP contribution in [0.4, 0.5) is 0 Å². The van der Waals surface area contributed by atoms with E-state index in [4.69, 9.17) is 11.6 Å². The summed E-state index contributed by atoms with van der Waals surface area (Å²) < 4.78 is 1.75. The first-order chi connectivity index (χ1) is 8.09. The Bertz CT molecular complexity index is 429. The molecule has 0 radical (unpaired) electrons. The van der Waals surface area contributed by atoms with E-state index in [2.05, 4.69) is 10.4 Å². The number of nitrogens with zero attached hydrogens (tertiary/aromatic N) is 3. The molecule has 0 bridgehead atoms. The number of hydrogen-bond acceptors (Lipinski definition) is 3. The Morgan fingerprint density at radius 2 is 2.29 bits per heavy atom.